The fourth-order valence-corrected chi connectivity index (χ4v) is 2.21. The Hall–Kier alpha value is -2.14. The number of hydrogen-bond donors (Lipinski definition) is 0. The number of alkyl halides is 1. The van der Waals surface area contributed by atoms with Crippen molar-refractivity contribution in [2.75, 3.05) is 0 Å². The number of halogens is 2. The second-order valence-corrected chi connectivity index (χ2v) is 4.83. The summed E-state index contributed by atoms with van der Waals surface area (Å²) in [6.07, 6.45) is 0. The lowest BCUT2D eigenvalue weighted by atomic mass is 10.1. The van der Waals surface area contributed by atoms with Gasteiger partial charge in [-0.15, -0.1) is 11.6 Å². The molecule has 2 aromatic rings. The zero-order chi connectivity index (χ0) is 15.4. The lowest BCUT2D eigenvalue weighted by molar-refractivity contribution is -0.385. The molecule has 0 unspecified atom stereocenters. The number of rotatable bonds is 5. The number of nitro benzene ring substituents is 1. The average Bonchev–Trinajstić information content (AvgIpc) is 2.45. The Kier molecular flexibility index (Phi) is 4.75. The molecule has 0 radical (unpaired) electrons. The van der Waals surface area contributed by atoms with Crippen LogP contribution in [0.25, 0.3) is 0 Å². The van der Waals surface area contributed by atoms with Crippen molar-refractivity contribution in [3.8, 4) is 5.75 Å². The Morgan fingerprint density at radius 3 is 2.76 bits per heavy atom. The van der Waals surface area contributed by atoms with E-state index < -0.39 is 10.7 Å². The summed E-state index contributed by atoms with van der Waals surface area (Å²) < 4.78 is 19.0. The minimum absolute atomic E-state index is 0.0351. The van der Waals surface area contributed by atoms with E-state index in [1.54, 1.807) is 0 Å². The van der Waals surface area contributed by atoms with E-state index in [1.807, 2.05) is 25.1 Å². The molecule has 0 aliphatic heterocycles. The molecule has 0 aliphatic rings. The molecule has 6 heteroatoms. The van der Waals surface area contributed by atoms with Crippen LogP contribution in [0.5, 0.6) is 5.75 Å². The van der Waals surface area contributed by atoms with Crippen molar-refractivity contribution in [1.82, 2.24) is 0 Å². The minimum Gasteiger partial charge on any atom is -0.488 e. The van der Waals surface area contributed by atoms with Crippen molar-refractivity contribution < 1.29 is 14.1 Å². The number of ether oxygens (including phenoxy) is 1. The van der Waals surface area contributed by atoms with Crippen LogP contribution >= 0.6 is 11.6 Å². The zero-order valence-corrected chi connectivity index (χ0v) is 12.1. The van der Waals surface area contributed by atoms with Crippen LogP contribution in [-0.4, -0.2) is 4.92 Å². The van der Waals surface area contributed by atoms with Gasteiger partial charge in [0, 0.05) is 11.6 Å². The van der Waals surface area contributed by atoms with Gasteiger partial charge in [-0.25, -0.2) is 4.39 Å². The molecule has 0 amide bonds. The van der Waals surface area contributed by atoms with Crippen LogP contribution < -0.4 is 4.74 Å². The monoisotopic (exact) mass is 309 g/mol. The quantitative estimate of drug-likeness (QED) is 0.468. The molecule has 0 aliphatic carbocycles. The summed E-state index contributed by atoms with van der Waals surface area (Å²) in [6.45, 7) is 1.91. The summed E-state index contributed by atoms with van der Waals surface area (Å²) in [6, 6.07) is 8.96. The van der Waals surface area contributed by atoms with E-state index in [9.17, 15) is 14.5 Å². The Morgan fingerprint density at radius 1 is 1.33 bits per heavy atom. The van der Waals surface area contributed by atoms with Crippen LogP contribution in [0.15, 0.2) is 36.4 Å². The summed E-state index contributed by atoms with van der Waals surface area (Å²) in [5.74, 6) is 0.255. The first-order valence-corrected chi connectivity index (χ1v) is 6.76. The van der Waals surface area contributed by atoms with Crippen molar-refractivity contribution in [3.05, 3.63) is 69.0 Å². The van der Waals surface area contributed by atoms with Crippen molar-refractivity contribution in [3.63, 3.8) is 0 Å². The van der Waals surface area contributed by atoms with Crippen LogP contribution in [0, 0.1) is 22.9 Å². The molecule has 0 fully saturated rings. The van der Waals surface area contributed by atoms with Crippen molar-refractivity contribution in [2.24, 2.45) is 0 Å². The number of benzene rings is 2. The molecular formula is C15H13ClFNO3. The standard InChI is InChI=1S/C15H13ClFNO3/c1-10-3-2-4-12(8-16)15(10)21-9-11-5-13(17)7-14(6-11)18(19)20/h2-7H,8-9H2,1H3. The highest BCUT2D eigenvalue weighted by Crippen LogP contribution is 2.26. The first-order valence-electron chi connectivity index (χ1n) is 6.22. The molecule has 4 nitrogen and oxygen atoms in total. The highest BCUT2D eigenvalue weighted by atomic mass is 35.5. The largest absolute Gasteiger partial charge is 0.488 e. The number of para-hydroxylation sites is 1. The van der Waals surface area contributed by atoms with Crippen LogP contribution in [0.1, 0.15) is 16.7 Å². The number of nitrogens with zero attached hydrogens (tertiary/aromatic N) is 1. The van der Waals surface area contributed by atoms with Crippen molar-refractivity contribution in [1.29, 1.82) is 0 Å². The summed E-state index contributed by atoms with van der Waals surface area (Å²) in [5.41, 5.74) is 1.82. The molecule has 2 aromatic carbocycles. The van der Waals surface area contributed by atoms with Gasteiger partial charge >= 0.3 is 0 Å². The molecule has 0 spiro atoms. The maximum absolute atomic E-state index is 13.4. The van der Waals surface area contributed by atoms with E-state index >= 15 is 0 Å². The van der Waals surface area contributed by atoms with Gasteiger partial charge in [-0.1, -0.05) is 18.2 Å². The van der Waals surface area contributed by atoms with Gasteiger partial charge in [-0.3, -0.25) is 10.1 Å². The maximum Gasteiger partial charge on any atom is 0.272 e. The molecule has 2 rings (SSSR count). The molecule has 0 saturated heterocycles. The van der Waals surface area contributed by atoms with Crippen molar-refractivity contribution >= 4 is 17.3 Å². The molecule has 0 atom stereocenters. The summed E-state index contributed by atoms with van der Waals surface area (Å²) in [7, 11) is 0. The second kappa shape index (κ2) is 6.54. The maximum atomic E-state index is 13.4. The molecule has 0 bridgehead atoms. The Labute approximate surface area is 126 Å². The van der Waals surface area contributed by atoms with Crippen LogP contribution in [0.4, 0.5) is 10.1 Å². The summed E-state index contributed by atoms with van der Waals surface area (Å²) in [4.78, 5) is 10.1. The van der Waals surface area contributed by atoms with E-state index in [2.05, 4.69) is 0 Å². The average molecular weight is 310 g/mol. The third kappa shape index (κ3) is 3.70. The van der Waals surface area contributed by atoms with Gasteiger partial charge in [-0.05, 0) is 24.1 Å². The third-order valence-electron chi connectivity index (χ3n) is 2.97. The number of aryl methyl sites for hydroxylation is 1. The molecule has 0 saturated carbocycles. The molecule has 0 heterocycles. The fraction of sp³-hybridized carbons (Fsp3) is 0.200. The Balaban J connectivity index is 2.23. The number of non-ortho nitro benzene ring substituents is 1. The van der Waals surface area contributed by atoms with E-state index in [0.29, 0.717) is 17.2 Å². The number of nitro groups is 1. The predicted octanol–water partition coefficient (Wildman–Crippen LogP) is 4.36. The topological polar surface area (TPSA) is 52.4 Å². The smallest absolute Gasteiger partial charge is 0.272 e. The van der Waals surface area contributed by atoms with E-state index in [1.165, 1.54) is 12.1 Å². The van der Waals surface area contributed by atoms with Gasteiger partial charge in [0.25, 0.3) is 5.69 Å². The van der Waals surface area contributed by atoms with Gasteiger partial charge in [0.15, 0.2) is 0 Å². The molecule has 21 heavy (non-hydrogen) atoms. The van der Waals surface area contributed by atoms with Crippen LogP contribution in [0.3, 0.4) is 0 Å². The Morgan fingerprint density at radius 2 is 2.10 bits per heavy atom. The lowest BCUT2D eigenvalue weighted by Gasteiger charge is -2.12. The minimum atomic E-state index is -0.662. The highest BCUT2D eigenvalue weighted by Gasteiger charge is 2.11. The van der Waals surface area contributed by atoms with Gasteiger partial charge in [0.2, 0.25) is 0 Å². The molecule has 0 aromatic heterocycles. The van der Waals surface area contributed by atoms with Gasteiger partial charge < -0.3 is 4.74 Å². The highest BCUT2D eigenvalue weighted by molar-refractivity contribution is 6.17. The predicted molar refractivity (Wildman–Crippen MR) is 78.1 cm³/mol. The second-order valence-electron chi connectivity index (χ2n) is 4.56. The molecule has 110 valence electrons. The summed E-state index contributed by atoms with van der Waals surface area (Å²) >= 11 is 5.85. The van der Waals surface area contributed by atoms with E-state index in [4.69, 9.17) is 16.3 Å². The van der Waals surface area contributed by atoms with Crippen LogP contribution in [-0.2, 0) is 12.5 Å². The zero-order valence-electron chi connectivity index (χ0n) is 11.3. The van der Waals surface area contributed by atoms with Gasteiger partial charge in [-0.2, -0.15) is 0 Å². The lowest BCUT2D eigenvalue weighted by Crippen LogP contribution is -2.01. The van der Waals surface area contributed by atoms with Crippen LogP contribution in [0.2, 0.25) is 0 Å². The SMILES string of the molecule is Cc1cccc(CCl)c1OCc1cc(F)cc([N+](=O)[O-])c1. The fourth-order valence-electron chi connectivity index (χ4n) is 2.00. The summed E-state index contributed by atoms with van der Waals surface area (Å²) in [5, 5.41) is 10.7. The first-order chi connectivity index (χ1) is 10.0. The van der Waals surface area contributed by atoms with Gasteiger partial charge in [0.1, 0.15) is 18.2 Å². The van der Waals surface area contributed by atoms with Gasteiger partial charge in [0.05, 0.1) is 16.9 Å². The van der Waals surface area contributed by atoms with Crippen molar-refractivity contribution in [2.45, 2.75) is 19.4 Å². The Bertz CT molecular complexity index is 676. The third-order valence-corrected chi connectivity index (χ3v) is 3.26. The molecular weight excluding hydrogens is 297 g/mol. The number of hydrogen-bond acceptors (Lipinski definition) is 3. The van der Waals surface area contributed by atoms with E-state index in [0.717, 1.165) is 17.2 Å². The molecule has 0 N–H and O–H groups in total. The first kappa shape index (κ1) is 15.3. The normalized spacial score (nSPS) is 10.4. The van der Waals surface area contributed by atoms with E-state index in [-0.39, 0.29) is 12.3 Å².